The highest BCUT2D eigenvalue weighted by Gasteiger charge is 2.22. The third-order valence-electron chi connectivity index (χ3n) is 3.47. The minimum absolute atomic E-state index is 0.0163. The van der Waals surface area contributed by atoms with E-state index in [9.17, 15) is 9.59 Å². The number of carbonyl (C=O) groups is 2. The van der Waals surface area contributed by atoms with Gasteiger partial charge in [-0.05, 0) is 25.7 Å². The summed E-state index contributed by atoms with van der Waals surface area (Å²) in [7, 11) is 0. The van der Waals surface area contributed by atoms with Crippen molar-refractivity contribution in [1.82, 2.24) is 19.9 Å². The molecular weight excluding hydrogens is 272 g/mol. The van der Waals surface area contributed by atoms with Crippen molar-refractivity contribution in [2.45, 2.75) is 40.2 Å². The predicted octanol–water partition coefficient (Wildman–Crippen LogP) is 1.02. The number of amides is 1. The lowest BCUT2D eigenvalue weighted by molar-refractivity contribution is -0.131. The number of hydrogen-bond donors (Lipinski definition) is 0. The monoisotopic (exact) mass is 294 g/mol. The maximum Gasteiger partial charge on any atom is 0.360 e. The smallest absolute Gasteiger partial charge is 0.360 e. The zero-order valence-corrected chi connectivity index (χ0v) is 12.8. The third-order valence-corrected chi connectivity index (χ3v) is 3.47. The van der Waals surface area contributed by atoms with Crippen LogP contribution >= 0.6 is 0 Å². The number of likely N-dealkylation sites (tertiary alicyclic amines) is 1. The summed E-state index contributed by atoms with van der Waals surface area (Å²) in [4.78, 5) is 25.8. The topological polar surface area (TPSA) is 77.3 Å². The Balaban J connectivity index is 1.99. The van der Waals surface area contributed by atoms with E-state index in [-0.39, 0.29) is 24.1 Å². The molecule has 0 spiro atoms. The molecule has 2 heterocycles. The van der Waals surface area contributed by atoms with Gasteiger partial charge in [0.25, 0.3) is 0 Å². The van der Waals surface area contributed by atoms with Crippen LogP contribution in [0.2, 0.25) is 0 Å². The summed E-state index contributed by atoms with van der Waals surface area (Å²) in [6.45, 7) is 7.72. The van der Waals surface area contributed by atoms with Gasteiger partial charge in [0.2, 0.25) is 5.91 Å². The van der Waals surface area contributed by atoms with Crippen LogP contribution in [-0.4, -0.2) is 51.5 Å². The van der Waals surface area contributed by atoms with Gasteiger partial charge in [0, 0.05) is 13.1 Å². The van der Waals surface area contributed by atoms with E-state index in [1.54, 1.807) is 6.92 Å². The van der Waals surface area contributed by atoms with E-state index in [0.29, 0.717) is 12.3 Å². The van der Waals surface area contributed by atoms with Gasteiger partial charge in [-0.2, -0.15) is 0 Å². The summed E-state index contributed by atoms with van der Waals surface area (Å²) >= 11 is 0. The van der Waals surface area contributed by atoms with Crippen molar-refractivity contribution in [3.8, 4) is 0 Å². The van der Waals surface area contributed by atoms with Gasteiger partial charge in [-0.25, -0.2) is 9.48 Å². The second-order valence-corrected chi connectivity index (χ2v) is 5.76. The average Bonchev–Trinajstić information content (AvgIpc) is 3.07. The zero-order valence-electron chi connectivity index (χ0n) is 12.8. The first kappa shape index (κ1) is 15.5. The largest absolute Gasteiger partial charge is 0.461 e. The SMILES string of the molecule is Cc1c(C(=O)OCC(C)C)nnn1CC(=O)N1CCCC1. The van der Waals surface area contributed by atoms with Crippen LogP contribution in [-0.2, 0) is 16.1 Å². The second kappa shape index (κ2) is 6.69. The highest BCUT2D eigenvalue weighted by Crippen LogP contribution is 2.11. The van der Waals surface area contributed by atoms with Crippen LogP contribution in [0.3, 0.4) is 0 Å². The van der Waals surface area contributed by atoms with Gasteiger partial charge >= 0.3 is 5.97 Å². The molecule has 1 fully saturated rings. The van der Waals surface area contributed by atoms with Crippen LogP contribution in [0.4, 0.5) is 0 Å². The fourth-order valence-corrected chi connectivity index (χ4v) is 2.20. The lowest BCUT2D eigenvalue weighted by Crippen LogP contribution is -2.31. The Morgan fingerprint density at radius 3 is 2.57 bits per heavy atom. The normalized spacial score (nSPS) is 14.8. The van der Waals surface area contributed by atoms with Crippen molar-refractivity contribution in [1.29, 1.82) is 0 Å². The Bertz CT molecular complexity index is 518. The van der Waals surface area contributed by atoms with Gasteiger partial charge in [0.1, 0.15) is 6.54 Å². The molecule has 1 aliphatic heterocycles. The minimum atomic E-state index is -0.485. The lowest BCUT2D eigenvalue weighted by Gasteiger charge is -2.15. The molecule has 0 radical (unpaired) electrons. The number of nitrogens with zero attached hydrogens (tertiary/aromatic N) is 4. The van der Waals surface area contributed by atoms with E-state index >= 15 is 0 Å². The Morgan fingerprint density at radius 2 is 1.95 bits per heavy atom. The fraction of sp³-hybridized carbons (Fsp3) is 0.714. The summed E-state index contributed by atoms with van der Waals surface area (Å²) < 4.78 is 6.60. The molecule has 0 aliphatic carbocycles. The molecule has 1 saturated heterocycles. The molecule has 116 valence electrons. The Morgan fingerprint density at radius 1 is 1.29 bits per heavy atom. The van der Waals surface area contributed by atoms with Crippen molar-refractivity contribution in [2.75, 3.05) is 19.7 Å². The molecule has 2 rings (SSSR count). The highest BCUT2D eigenvalue weighted by atomic mass is 16.5. The van der Waals surface area contributed by atoms with Crippen molar-refractivity contribution in [3.05, 3.63) is 11.4 Å². The predicted molar refractivity (Wildman–Crippen MR) is 75.7 cm³/mol. The molecule has 1 aromatic heterocycles. The van der Waals surface area contributed by atoms with Gasteiger partial charge in [-0.15, -0.1) is 5.10 Å². The minimum Gasteiger partial charge on any atom is -0.461 e. The first-order valence-corrected chi connectivity index (χ1v) is 7.34. The summed E-state index contributed by atoms with van der Waals surface area (Å²) in [5.74, 6) is -0.204. The number of hydrogen-bond acceptors (Lipinski definition) is 5. The van der Waals surface area contributed by atoms with Crippen LogP contribution < -0.4 is 0 Å². The summed E-state index contributed by atoms with van der Waals surface area (Å²) in [6.07, 6.45) is 2.10. The molecular formula is C14H22N4O3. The number of carbonyl (C=O) groups excluding carboxylic acids is 2. The van der Waals surface area contributed by atoms with Gasteiger partial charge in [0.05, 0.1) is 12.3 Å². The highest BCUT2D eigenvalue weighted by molar-refractivity contribution is 5.88. The molecule has 21 heavy (non-hydrogen) atoms. The Hall–Kier alpha value is -1.92. The van der Waals surface area contributed by atoms with Crippen molar-refractivity contribution < 1.29 is 14.3 Å². The van der Waals surface area contributed by atoms with E-state index in [1.165, 1.54) is 4.68 Å². The van der Waals surface area contributed by atoms with E-state index in [0.717, 1.165) is 25.9 Å². The van der Waals surface area contributed by atoms with Crippen LogP contribution in [0.25, 0.3) is 0 Å². The quantitative estimate of drug-likeness (QED) is 0.758. The summed E-state index contributed by atoms with van der Waals surface area (Å²) in [6, 6.07) is 0. The average molecular weight is 294 g/mol. The van der Waals surface area contributed by atoms with Crippen molar-refractivity contribution in [2.24, 2.45) is 5.92 Å². The van der Waals surface area contributed by atoms with E-state index in [1.807, 2.05) is 18.7 Å². The van der Waals surface area contributed by atoms with Gasteiger partial charge in [-0.1, -0.05) is 19.1 Å². The fourth-order valence-electron chi connectivity index (χ4n) is 2.20. The number of ether oxygens (including phenoxy) is 1. The first-order valence-electron chi connectivity index (χ1n) is 7.34. The molecule has 0 unspecified atom stereocenters. The van der Waals surface area contributed by atoms with Crippen LogP contribution in [0.15, 0.2) is 0 Å². The number of esters is 1. The molecule has 0 N–H and O–H groups in total. The summed E-state index contributed by atoms with van der Waals surface area (Å²) in [5, 5.41) is 7.73. The van der Waals surface area contributed by atoms with Gasteiger partial charge in [0.15, 0.2) is 5.69 Å². The van der Waals surface area contributed by atoms with E-state index in [4.69, 9.17) is 4.74 Å². The molecule has 0 bridgehead atoms. The molecule has 7 heteroatoms. The second-order valence-electron chi connectivity index (χ2n) is 5.76. The molecule has 1 amide bonds. The van der Waals surface area contributed by atoms with E-state index in [2.05, 4.69) is 10.3 Å². The summed E-state index contributed by atoms with van der Waals surface area (Å²) in [5.41, 5.74) is 0.751. The van der Waals surface area contributed by atoms with Crippen molar-refractivity contribution in [3.63, 3.8) is 0 Å². The third kappa shape index (κ3) is 3.80. The Kier molecular flexibility index (Phi) is 4.93. The standard InChI is InChI=1S/C14H22N4O3/c1-10(2)9-21-14(20)13-11(3)18(16-15-13)8-12(19)17-6-4-5-7-17/h10H,4-9H2,1-3H3. The maximum atomic E-state index is 12.1. The Labute approximate surface area is 124 Å². The number of aromatic nitrogens is 3. The van der Waals surface area contributed by atoms with Gasteiger partial charge in [-0.3, -0.25) is 4.79 Å². The molecule has 0 saturated carbocycles. The van der Waals surface area contributed by atoms with Crippen LogP contribution in [0.5, 0.6) is 0 Å². The molecule has 1 aromatic rings. The number of rotatable bonds is 5. The van der Waals surface area contributed by atoms with Crippen LogP contribution in [0, 0.1) is 12.8 Å². The zero-order chi connectivity index (χ0) is 15.4. The van der Waals surface area contributed by atoms with E-state index < -0.39 is 5.97 Å². The van der Waals surface area contributed by atoms with Gasteiger partial charge < -0.3 is 9.64 Å². The maximum absolute atomic E-state index is 12.1. The molecule has 1 aliphatic rings. The molecule has 0 aromatic carbocycles. The molecule has 7 nitrogen and oxygen atoms in total. The molecule has 0 atom stereocenters. The van der Waals surface area contributed by atoms with Crippen LogP contribution in [0.1, 0.15) is 42.9 Å². The lowest BCUT2D eigenvalue weighted by atomic mass is 10.2. The first-order chi connectivity index (χ1) is 9.99. The van der Waals surface area contributed by atoms with Crippen molar-refractivity contribution >= 4 is 11.9 Å².